The van der Waals surface area contributed by atoms with Crippen LogP contribution in [0, 0.1) is 11.3 Å². The molecule has 1 aliphatic rings. The van der Waals surface area contributed by atoms with Gasteiger partial charge < -0.3 is 19.5 Å². The normalized spacial score (nSPS) is 14.1. The van der Waals surface area contributed by atoms with Crippen molar-refractivity contribution >= 4 is 17.5 Å². The summed E-state index contributed by atoms with van der Waals surface area (Å²) in [6, 6.07) is 11.5. The van der Waals surface area contributed by atoms with Gasteiger partial charge in [-0.05, 0) is 24.3 Å². The number of hydrogen-bond donors (Lipinski definition) is 1. The molecule has 0 bridgehead atoms. The maximum atomic E-state index is 12.4. The summed E-state index contributed by atoms with van der Waals surface area (Å²) in [5.74, 6) is 0.692. The number of fused-ring (bicyclic) bond motifs is 1. The molecule has 0 spiro atoms. The van der Waals surface area contributed by atoms with Gasteiger partial charge in [-0.25, -0.2) is 14.8 Å². The monoisotopic (exact) mass is 375 g/mol. The van der Waals surface area contributed by atoms with Gasteiger partial charge in [-0.1, -0.05) is 6.07 Å². The first-order valence-corrected chi connectivity index (χ1v) is 9.30. The predicted octanol–water partition coefficient (Wildman–Crippen LogP) is 1.68. The minimum Gasteiger partial charge on any atom is -0.352 e. The number of nitriles is 1. The molecule has 3 aromatic rings. The molecule has 8 heteroatoms. The third kappa shape index (κ3) is 3.74. The molecule has 1 fully saturated rings. The Balaban J connectivity index is 1.26. The first-order chi connectivity index (χ1) is 13.7. The van der Waals surface area contributed by atoms with E-state index in [0.717, 1.165) is 11.3 Å². The van der Waals surface area contributed by atoms with E-state index in [1.165, 1.54) is 0 Å². The number of amides is 2. The van der Waals surface area contributed by atoms with E-state index >= 15 is 0 Å². The third-order valence-corrected chi connectivity index (χ3v) is 4.84. The van der Waals surface area contributed by atoms with E-state index in [-0.39, 0.29) is 6.03 Å². The van der Waals surface area contributed by atoms with Crippen molar-refractivity contribution in [2.24, 2.45) is 0 Å². The number of anilines is 1. The van der Waals surface area contributed by atoms with Crippen LogP contribution in [0.15, 0.2) is 48.9 Å². The maximum absolute atomic E-state index is 12.4. The van der Waals surface area contributed by atoms with Crippen molar-refractivity contribution in [1.29, 1.82) is 5.26 Å². The number of piperazine rings is 1. The number of carbonyl (C=O) groups excluding carboxylic acids is 1. The summed E-state index contributed by atoms with van der Waals surface area (Å²) in [4.78, 5) is 25.1. The van der Waals surface area contributed by atoms with E-state index in [4.69, 9.17) is 0 Å². The van der Waals surface area contributed by atoms with E-state index in [1.54, 1.807) is 23.2 Å². The Morgan fingerprint density at radius 3 is 2.82 bits per heavy atom. The molecule has 0 radical (unpaired) electrons. The van der Waals surface area contributed by atoms with E-state index in [1.807, 2.05) is 35.0 Å². The van der Waals surface area contributed by atoms with Crippen molar-refractivity contribution in [2.45, 2.75) is 6.42 Å². The van der Waals surface area contributed by atoms with Crippen LogP contribution in [0.25, 0.3) is 5.65 Å². The smallest absolute Gasteiger partial charge is 0.317 e. The molecule has 142 valence electrons. The average Bonchev–Trinajstić information content (AvgIpc) is 3.16. The van der Waals surface area contributed by atoms with Gasteiger partial charge in [0.15, 0.2) is 0 Å². The van der Waals surface area contributed by atoms with Crippen molar-refractivity contribution in [1.82, 2.24) is 24.6 Å². The summed E-state index contributed by atoms with van der Waals surface area (Å²) in [5.41, 5.74) is 2.43. The number of hydrogen-bond acceptors (Lipinski definition) is 5. The first kappa shape index (κ1) is 17.8. The molecule has 0 aliphatic carbocycles. The molecular weight excluding hydrogens is 354 g/mol. The van der Waals surface area contributed by atoms with Crippen molar-refractivity contribution in [3.05, 3.63) is 60.2 Å². The summed E-state index contributed by atoms with van der Waals surface area (Å²) < 4.78 is 1.98. The molecule has 1 saturated heterocycles. The van der Waals surface area contributed by atoms with E-state index in [9.17, 15) is 10.1 Å². The quantitative estimate of drug-likeness (QED) is 0.749. The molecule has 0 unspecified atom stereocenters. The Morgan fingerprint density at radius 1 is 1.18 bits per heavy atom. The van der Waals surface area contributed by atoms with Crippen LogP contribution in [-0.2, 0) is 6.42 Å². The van der Waals surface area contributed by atoms with Gasteiger partial charge in [0.2, 0.25) is 0 Å². The second-order valence-corrected chi connectivity index (χ2v) is 6.64. The fourth-order valence-electron chi connectivity index (χ4n) is 3.37. The van der Waals surface area contributed by atoms with Gasteiger partial charge in [0, 0.05) is 57.7 Å². The van der Waals surface area contributed by atoms with E-state index in [0.29, 0.717) is 50.5 Å². The van der Waals surface area contributed by atoms with Gasteiger partial charge in [-0.15, -0.1) is 0 Å². The Hall–Kier alpha value is -3.60. The highest BCUT2D eigenvalue weighted by Crippen LogP contribution is 2.18. The fraction of sp³-hybridized carbons (Fsp3) is 0.300. The Kier molecular flexibility index (Phi) is 5.06. The fourth-order valence-corrected chi connectivity index (χ4v) is 3.37. The highest BCUT2D eigenvalue weighted by Gasteiger charge is 2.23. The zero-order valence-electron chi connectivity index (χ0n) is 15.5. The lowest BCUT2D eigenvalue weighted by molar-refractivity contribution is 0.194. The van der Waals surface area contributed by atoms with Crippen LogP contribution < -0.4 is 10.2 Å². The Labute approximate surface area is 163 Å². The number of nitrogens with one attached hydrogen (secondary N) is 1. The Morgan fingerprint density at radius 2 is 2.04 bits per heavy atom. The van der Waals surface area contributed by atoms with Crippen LogP contribution in [-0.4, -0.2) is 58.0 Å². The molecule has 2 amide bonds. The van der Waals surface area contributed by atoms with Crippen molar-refractivity contribution in [2.75, 3.05) is 37.6 Å². The standard InChI is InChI=1S/C20H21N7O/c21-14-16-4-3-7-22-19(16)25-10-12-26(13-11-25)20(28)23-8-6-17-15-27-9-2-1-5-18(27)24-17/h1-5,7,9,15H,6,8,10-13H2,(H,23,28). The van der Waals surface area contributed by atoms with Crippen LogP contribution in [0.2, 0.25) is 0 Å². The highest BCUT2D eigenvalue weighted by atomic mass is 16.2. The molecule has 1 aliphatic heterocycles. The molecular formula is C20H21N7O. The van der Waals surface area contributed by atoms with Crippen LogP contribution in [0.1, 0.15) is 11.3 Å². The number of nitrogens with zero attached hydrogens (tertiary/aromatic N) is 6. The van der Waals surface area contributed by atoms with Crippen molar-refractivity contribution in [3.8, 4) is 6.07 Å². The van der Waals surface area contributed by atoms with Gasteiger partial charge in [-0.3, -0.25) is 0 Å². The zero-order chi connectivity index (χ0) is 19.3. The van der Waals surface area contributed by atoms with Crippen LogP contribution in [0.4, 0.5) is 10.6 Å². The number of pyridine rings is 2. The van der Waals surface area contributed by atoms with Crippen LogP contribution >= 0.6 is 0 Å². The molecule has 28 heavy (non-hydrogen) atoms. The second-order valence-electron chi connectivity index (χ2n) is 6.64. The van der Waals surface area contributed by atoms with Gasteiger partial charge in [-0.2, -0.15) is 5.26 Å². The summed E-state index contributed by atoms with van der Waals surface area (Å²) in [7, 11) is 0. The molecule has 8 nitrogen and oxygen atoms in total. The summed E-state index contributed by atoms with van der Waals surface area (Å²) in [6.45, 7) is 3.06. The predicted molar refractivity (Wildman–Crippen MR) is 105 cm³/mol. The summed E-state index contributed by atoms with van der Waals surface area (Å²) in [6.07, 6.45) is 6.32. The lowest BCUT2D eigenvalue weighted by Gasteiger charge is -2.35. The average molecular weight is 375 g/mol. The summed E-state index contributed by atoms with van der Waals surface area (Å²) >= 11 is 0. The van der Waals surface area contributed by atoms with Crippen molar-refractivity contribution in [3.63, 3.8) is 0 Å². The SMILES string of the molecule is N#Cc1cccnc1N1CCN(C(=O)NCCc2cn3ccccc3n2)CC1. The Bertz CT molecular complexity index is 982. The van der Waals surface area contributed by atoms with E-state index in [2.05, 4.69) is 26.3 Å². The van der Waals surface area contributed by atoms with Crippen LogP contribution in [0.3, 0.4) is 0 Å². The van der Waals surface area contributed by atoms with Gasteiger partial charge >= 0.3 is 6.03 Å². The molecule has 0 aromatic carbocycles. The lowest BCUT2D eigenvalue weighted by atomic mass is 10.2. The lowest BCUT2D eigenvalue weighted by Crippen LogP contribution is -2.52. The van der Waals surface area contributed by atoms with E-state index < -0.39 is 0 Å². The number of carbonyl (C=O) groups is 1. The molecule has 1 N–H and O–H groups in total. The second kappa shape index (κ2) is 7.96. The summed E-state index contributed by atoms with van der Waals surface area (Å²) in [5, 5.41) is 12.2. The molecule has 0 atom stereocenters. The third-order valence-electron chi connectivity index (χ3n) is 4.84. The highest BCUT2D eigenvalue weighted by molar-refractivity contribution is 5.74. The minimum absolute atomic E-state index is 0.0649. The molecule has 4 heterocycles. The minimum atomic E-state index is -0.0649. The van der Waals surface area contributed by atoms with Crippen LogP contribution in [0.5, 0.6) is 0 Å². The molecule has 3 aromatic heterocycles. The number of imidazole rings is 1. The molecule has 0 saturated carbocycles. The zero-order valence-corrected chi connectivity index (χ0v) is 15.5. The largest absolute Gasteiger partial charge is 0.352 e. The van der Waals surface area contributed by atoms with Gasteiger partial charge in [0.05, 0.1) is 11.3 Å². The van der Waals surface area contributed by atoms with Gasteiger partial charge in [0.1, 0.15) is 17.5 Å². The number of urea groups is 1. The number of aromatic nitrogens is 3. The van der Waals surface area contributed by atoms with Crippen molar-refractivity contribution < 1.29 is 4.79 Å². The maximum Gasteiger partial charge on any atom is 0.317 e. The molecule has 4 rings (SSSR count). The topological polar surface area (TPSA) is 89.6 Å². The van der Waals surface area contributed by atoms with Gasteiger partial charge in [0.25, 0.3) is 0 Å². The first-order valence-electron chi connectivity index (χ1n) is 9.30. The number of rotatable bonds is 4.